The molecule has 0 aliphatic heterocycles. The number of pyridine rings is 1. The summed E-state index contributed by atoms with van der Waals surface area (Å²) in [5, 5.41) is 0. The summed E-state index contributed by atoms with van der Waals surface area (Å²) in [7, 11) is -3.47. The number of nitrogens with zero attached hydrogens (tertiary/aromatic N) is 1. The van der Waals surface area contributed by atoms with Crippen molar-refractivity contribution in [3.05, 3.63) is 18.3 Å². The number of aromatic nitrogens is 1. The van der Waals surface area contributed by atoms with Gasteiger partial charge >= 0.3 is 0 Å². The predicted molar refractivity (Wildman–Crippen MR) is 70.4 cm³/mol. The molecule has 1 atom stereocenters. The quantitative estimate of drug-likeness (QED) is 0.820. The van der Waals surface area contributed by atoms with Crippen molar-refractivity contribution in [3.8, 4) is 0 Å². The summed E-state index contributed by atoms with van der Waals surface area (Å²) in [5.41, 5.74) is 5.45. The molecule has 100 valence electrons. The minimum atomic E-state index is -3.47. The van der Waals surface area contributed by atoms with Crippen LogP contribution in [0.4, 0.5) is 5.82 Å². The van der Waals surface area contributed by atoms with Crippen LogP contribution in [0.5, 0.6) is 0 Å². The maximum Gasteiger partial charge on any atom is 0.242 e. The molecule has 1 heterocycles. The molecule has 0 bridgehead atoms. The Bertz CT molecular complexity index is 495. The van der Waals surface area contributed by atoms with E-state index in [-0.39, 0.29) is 10.9 Å². The first-order chi connectivity index (χ1) is 8.51. The first-order valence-electron chi connectivity index (χ1n) is 6.25. The van der Waals surface area contributed by atoms with E-state index in [1.54, 1.807) is 0 Å². The lowest BCUT2D eigenvalue weighted by molar-refractivity contribution is 0.495. The molecule has 3 N–H and O–H groups in total. The summed E-state index contributed by atoms with van der Waals surface area (Å²) in [6.07, 6.45) is 5.47. The van der Waals surface area contributed by atoms with Crippen molar-refractivity contribution in [2.24, 2.45) is 5.92 Å². The van der Waals surface area contributed by atoms with E-state index in [2.05, 4.69) is 9.71 Å². The highest BCUT2D eigenvalue weighted by atomic mass is 32.2. The highest BCUT2D eigenvalue weighted by Crippen LogP contribution is 2.34. The van der Waals surface area contributed by atoms with Crippen molar-refractivity contribution in [2.75, 3.05) is 5.73 Å². The molecule has 1 unspecified atom stereocenters. The molecule has 5 nitrogen and oxygen atoms in total. The van der Waals surface area contributed by atoms with Crippen LogP contribution in [0.25, 0.3) is 0 Å². The van der Waals surface area contributed by atoms with Gasteiger partial charge in [0.2, 0.25) is 10.0 Å². The van der Waals surface area contributed by atoms with Crippen molar-refractivity contribution in [1.82, 2.24) is 9.71 Å². The Morgan fingerprint density at radius 1 is 1.50 bits per heavy atom. The highest BCUT2D eigenvalue weighted by Gasteiger charge is 2.27. The fourth-order valence-corrected chi connectivity index (χ4v) is 3.17. The third-order valence-corrected chi connectivity index (χ3v) is 4.70. The van der Waals surface area contributed by atoms with Crippen molar-refractivity contribution < 1.29 is 8.42 Å². The average molecular weight is 269 g/mol. The Morgan fingerprint density at radius 3 is 2.72 bits per heavy atom. The molecule has 2 rings (SSSR count). The van der Waals surface area contributed by atoms with Crippen LogP contribution in [0.2, 0.25) is 0 Å². The van der Waals surface area contributed by atoms with E-state index in [1.165, 1.54) is 31.2 Å². The molecule has 1 aromatic heterocycles. The third kappa shape index (κ3) is 3.43. The molecule has 0 spiro atoms. The van der Waals surface area contributed by atoms with Crippen LogP contribution in [-0.4, -0.2) is 19.4 Å². The molecule has 0 aromatic carbocycles. The minimum absolute atomic E-state index is 0.0139. The molecule has 1 aliphatic carbocycles. The van der Waals surface area contributed by atoms with Crippen LogP contribution >= 0.6 is 0 Å². The maximum atomic E-state index is 12.1. The molecular formula is C12H19N3O2S. The number of anilines is 1. The first-order valence-corrected chi connectivity index (χ1v) is 7.73. The highest BCUT2D eigenvalue weighted by molar-refractivity contribution is 7.89. The Morgan fingerprint density at radius 2 is 2.22 bits per heavy atom. The van der Waals surface area contributed by atoms with Crippen LogP contribution in [0.3, 0.4) is 0 Å². The summed E-state index contributed by atoms with van der Waals surface area (Å²) in [4.78, 5) is 3.98. The second-order valence-corrected chi connectivity index (χ2v) is 6.54. The lowest BCUT2D eigenvalue weighted by atomic mass is 10.1. The monoisotopic (exact) mass is 269 g/mol. The largest absolute Gasteiger partial charge is 0.384 e. The standard InChI is InChI=1S/C12H19N3O2S/c1-2-10(7-9-3-4-9)15-18(16,17)11-5-6-12(13)14-8-11/h5-6,8-10,15H,2-4,7H2,1H3,(H2,13,14). The van der Waals surface area contributed by atoms with Crippen LogP contribution in [0.1, 0.15) is 32.6 Å². The van der Waals surface area contributed by atoms with Gasteiger partial charge in [-0.25, -0.2) is 18.1 Å². The summed E-state index contributed by atoms with van der Waals surface area (Å²) < 4.78 is 27.0. The van der Waals surface area contributed by atoms with E-state index < -0.39 is 10.0 Å². The Balaban J connectivity index is 2.07. The van der Waals surface area contributed by atoms with Gasteiger partial charge in [-0.3, -0.25) is 0 Å². The lowest BCUT2D eigenvalue weighted by Gasteiger charge is -2.16. The van der Waals surface area contributed by atoms with E-state index in [0.717, 1.165) is 12.8 Å². The number of sulfonamides is 1. The zero-order chi connectivity index (χ0) is 13.2. The Hall–Kier alpha value is -1.14. The van der Waals surface area contributed by atoms with Crippen LogP contribution in [0, 0.1) is 5.92 Å². The van der Waals surface area contributed by atoms with Gasteiger partial charge < -0.3 is 5.73 Å². The van der Waals surface area contributed by atoms with Crippen LogP contribution < -0.4 is 10.5 Å². The summed E-state index contributed by atoms with van der Waals surface area (Å²) in [5.74, 6) is 1.01. The van der Waals surface area contributed by atoms with Gasteiger partial charge in [0.05, 0.1) is 0 Å². The van der Waals surface area contributed by atoms with Gasteiger partial charge in [-0.15, -0.1) is 0 Å². The third-order valence-electron chi connectivity index (χ3n) is 3.20. The fraction of sp³-hybridized carbons (Fsp3) is 0.583. The number of nitrogen functional groups attached to an aromatic ring is 1. The van der Waals surface area contributed by atoms with Gasteiger partial charge in [0.1, 0.15) is 10.7 Å². The van der Waals surface area contributed by atoms with Gasteiger partial charge in [0.25, 0.3) is 0 Å². The van der Waals surface area contributed by atoms with E-state index >= 15 is 0 Å². The molecule has 0 radical (unpaired) electrons. The normalized spacial score (nSPS) is 17.6. The van der Waals surface area contributed by atoms with E-state index in [0.29, 0.717) is 11.7 Å². The lowest BCUT2D eigenvalue weighted by Crippen LogP contribution is -2.34. The van der Waals surface area contributed by atoms with E-state index in [9.17, 15) is 8.42 Å². The SMILES string of the molecule is CCC(CC1CC1)NS(=O)(=O)c1ccc(N)nc1. The van der Waals surface area contributed by atoms with Gasteiger partial charge in [0.15, 0.2) is 0 Å². The zero-order valence-electron chi connectivity index (χ0n) is 10.5. The Labute approximate surface area is 108 Å². The molecule has 6 heteroatoms. The maximum absolute atomic E-state index is 12.1. The molecule has 18 heavy (non-hydrogen) atoms. The smallest absolute Gasteiger partial charge is 0.242 e. The van der Waals surface area contributed by atoms with Gasteiger partial charge in [-0.1, -0.05) is 19.8 Å². The topological polar surface area (TPSA) is 85.1 Å². The van der Waals surface area contributed by atoms with Gasteiger partial charge in [-0.05, 0) is 30.9 Å². The molecule has 1 aromatic rings. The van der Waals surface area contributed by atoms with Crippen molar-refractivity contribution >= 4 is 15.8 Å². The number of hydrogen-bond donors (Lipinski definition) is 2. The van der Waals surface area contributed by atoms with Crippen LogP contribution in [0.15, 0.2) is 23.2 Å². The van der Waals surface area contributed by atoms with Crippen LogP contribution in [-0.2, 0) is 10.0 Å². The summed E-state index contributed by atoms with van der Waals surface area (Å²) >= 11 is 0. The Kier molecular flexibility index (Phi) is 3.87. The molecule has 1 aliphatic rings. The number of rotatable bonds is 6. The first kappa shape index (κ1) is 13.3. The number of nitrogens with two attached hydrogens (primary N) is 1. The van der Waals surface area contributed by atoms with Gasteiger partial charge in [0, 0.05) is 12.2 Å². The van der Waals surface area contributed by atoms with Gasteiger partial charge in [-0.2, -0.15) is 0 Å². The molecule has 1 fully saturated rings. The number of nitrogens with one attached hydrogen (secondary N) is 1. The summed E-state index contributed by atoms with van der Waals surface area (Å²) in [6, 6.07) is 2.99. The molecular weight excluding hydrogens is 250 g/mol. The molecule has 0 saturated heterocycles. The minimum Gasteiger partial charge on any atom is -0.384 e. The number of hydrogen-bond acceptors (Lipinski definition) is 4. The summed E-state index contributed by atoms with van der Waals surface area (Å²) in [6.45, 7) is 2.00. The second kappa shape index (κ2) is 5.24. The van der Waals surface area contributed by atoms with Crippen molar-refractivity contribution in [2.45, 2.75) is 43.5 Å². The van der Waals surface area contributed by atoms with E-state index in [4.69, 9.17) is 5.73 Å². The van der Waals surface area contributed by atoms with Crippen molar-refractivity contribution in [3.63, 3.8) is 0 Å². The second-order valence-electron chi connectivity index (χ2n) is 4.82. The average Bonchev–Trinajstić information content (AvgIpc) is 3.12. The molecule has 0 amide bonds. The predicted octanol–water partition coefficient (Wildman–Crippen LogP) is 1.52. The zero-order valence-corrected chi connectivity index (χ0v) is 11.3. The molecule has 1 saturated carbocycles. The fourth-order valence-electron chi connectivity index (χ4n) is 1.89. The van der Waals surface area contributed by atoms with Crippen molar-refractivity contribution in [1.29, 1.82) is 0 Å². The van der Waals surface area contributed by atoms with E-state index in [1.807, 2.05) is 6.92 Å².